The van der Waals surface area contributed by atoms with Gasteiger partial charge < -0.3 is 15.2 Å². The molecule has 18 heavy (non-hydrogen) atoms. The summed E-state index contributed by atoms with van der Waals surface area (Å²) in [5.74, 6) is 1.50. The molecule has 3 heteroatoms. The highest BCUT2D eigenvalue weighted by Crippen LogP contribution is 2.26. The number of methoxy groups -OCH3 is 1. The van der Waals surface area contributed by atoms with E-state index in [4.69, 9.17) is 15.2 Å². The first-order valence-electron chi connectivity index (χ1n) is 6.84. The van der Waals surface area contributed by atoms with Gasteiger partial charge in [0.1, 0.15) is 11.5 Å². The summed E-state index contributed by atoms with van der Waals surface area (Å²) in [6.07, 6.45) is 7.63. The number of hydrogen-bond donors (Lipinski definition) is 1. The normalized spacial score (nSPS) is 10.3. The first-order valence-corrected chi connectivity index (χ1v) is 6.84. The lowest BCUT2D eigenvalue weighted by molar-refractivity contribution is 0.302. The summed E-state index contributed by atoms with van der Waals surface area (Å²) >= 11 is 0. The van der Waals surface area contributed by atoms with Crippen molar-refractivity contribution >= 4 is 5.69 Å². The first-order chi connectivity index (χ1) is 8.77. The summed E-state index contributed by atoms with van der Waals surface area (Å²) < 4.78 is 10.8. The van der Waals surface area contributed by atoms with Crippen LogP contribution in [0.25, 0.3) is 0 Å². The highest BCUT2D eigenvalue weighted by Gasteiger charge is 2.01. The third-order valence-electron chi connectivity index (χ3n) is 2.97. The molecule has 0 saturated heterocycles. The van der Waals surface area contributed by atoms with E-state index >= 15 is 0 Å². The Labute approximate surface area is 110 Å². The van der Waals surface area contributed by atoms with Crippen LogP contribution in [-0.2, 0) is 0 Å². The Hall–Kier alpha value is -1.38. The molecule has 0 aliphatic rings. The van der Waals surface area contributed by atoms with E-state index in [9.17, 15) is 0 Å². The van der Waals surface area contributed by atoms with Gasteiger partial charge in [-0.3, -0.25) is 0 Å². The van der Waals surface area contributed by atoms with E-state index in [1.165, 1.54) is 32.1 Å². The molecule has 0 aliphatic carbocycles. The van der Waals surface area contributed by atoms with Gasteiger partial charge in [0.05, 0.1) is 19.4 Å². The lowest BCUT2D eigenvalue weighted by Gasteiger charge is -2.09. The molecule has 2 N–H and O–H groups in total. The van der Waals surface area contributed by atoms with E-state index < -0.39 is 0 Å². The summed E-state index contributed by atoms with van der Waals surface area (Å²) in [5, 5.41) is 0. The van der Waals surface area contributed by atoms with Crippen LogP contribution in [0.4, 0.5) is 5.69 Å². The SMILES string of the molecule is CCCCCCCCOc1ccc(N)c(OC)c1. The molecule has 1 rings (SSSR count). The van der Waals surface area contributed by atoms with Crippen LogP contribution in [-0.4, -0.2) is 13.7 Å². The Morgan fingerprint density at radius 1 is 1.06 bits per heavy atom. The number of ether oxygens (including phenoxy) is 2. The van der Waals surface area contributed by atoms with Crippen LogP contribution < -0.4 is 15.2 Å². The molecule has 0 spiro atoms. The second kappa shape index (κ2) is 8.67. The number of nitrogen functional groups attached to an aromatic ring is 1. The number of benzene rings is 1. The van der Waals surface area contributed by atoms with Gasteiger partial charge in [-0.15, -0.1) is 0 Å². The molecular formula is C15H25NO2. The standard InChI is InChI=1S/C15H25NO2/c1-3-4-5-6-7-8-11-18-13-9-10-14(16)15(12-13)17-2/h9-10,12H,3-8,11,16H2,1-2H3. The van der Waals surface area contributed by atoms with Crippen molar-refractivity contribution in [3.8, 4) is 11.5 Å². The largest absolute Gasteiger partial charge is 0.494 e. The first kappa shape index (κ1) is 14.7. The average Bonchev–Trinajstić information content (AvgIpc) is 2.39. The summed E-state index contributed by atoms with van der Waals surface area (Å²) in [5.41, 5.74) is 6.39. The molecule has 0 radical (unpaired) electrons. The molecule has 0 atom stereocenters. The molecule has 0 amide bonds. The second-order valence-corrected chi connectivity index (χ2v) is 4.52. The molecule has 0 aliphatic heterocycles. The zero-order valence-electron chi connectivity index (χ0n) is 11.6. The summed E-state index contributed by atoms with van der Waals surface area (Å²) in [4.78, 5) is 0. The van der Waals surface area contributed by atoms with Gasteiger partial charge >= 0.3 is 0 Å². The van der Waals surface area contributed by atoms with E-state index in [-0.39, 0.29) is 0 Å². The van der Waals surface area contributed by atoms with Crippen LogP contribution in [0.2, 0.25) is 0 Å². The van der Waals surface area contributed by atoms with Crippen molar-refractivity contribution in [2.75, 3.05) is 19.5 Å². The average molecular weight is 251 g/mol. The second-order valence-electron chi connectivity index (χ2n) is 4.52. The maximum absolute atomic E-state index is 5.74. The minimum absolute atomic E-state index is 0.643. The lowest BCUT2D eigenvalue weighted by atomic mass is 10.1. The Bertz CT molecular complexity index is 339. The van der Waals surface area contributed by atoms with Gasteiger partial charge in [0.25, 0.3) is 0 Å². The summed E-state index contributed by atoms with van der Waals surface area (Å²) in [6, 6.07) is 5.54. The third-order valence-corrected chi connectivity index (χ3v) is 2.97. The van der Waals surface area contributed by atoms with Crippen LogP contribution in [0.1, 0.15) is 45.4 Å². The fourth-order valence-corrected chi connectivity index (χ4v) is 1.85. The van der Waals surface area contributed by atoms with E-state index in [1.807, 2.05) is 18.2 Å². The molecule has 0 heterocycles. The maximum Gasteiger partial charge on any atom is 0.145 e. The summed E-state index contributed by atoms with van der Waals surface area (Å²) in [7, 11) is 1.61. The van der Waals surface area contributed by atoms with Crippen LogP contribution in [0.15, 0.2) is 18.2 Å². The monoisotopic (exact) mass is 251 g/mol. The molecule has 0 unspecified atom stereocenters. The van der Waals surface area contributed by atoms with Gasteiger partial charge in [0, 0.05) is 6.07 Å². The van der Waals surface area contributed by atoms with Crippen LogP contribution in [0, 0.1) is 0 Å². The molecule has 0 saturated carbocycles. The lowest BCUT2D eigenvalue weighted by Crippen LogP contribution is -1.99. The van der Waals surface area contributed by atoms with E-state index in [2.05, 4.69) is 6.92 Å². The van der Waals surface area contributed by atoms with Crippen molar-refractivity contribution < 1.29 is 9.47 Å². The van der Waals surface area contributed by atoms with E-state index in [1.54, 1.807) is 7.11 Å². The minimum Gasteiger partial charge on any atom is -0.494 e. The van der Waals surface area contributed by atoms with Gasteiger partial charge in [-0.05, 0) is 18.6 Å². The molecular weight excluding hydrogens is 226 g/mol. The molecule has 1 aromatic rings. The Kier molecular flexibility index (Phi) is 7.07. The third kappa shape index (κ3) is 5.30. The fraction of sp³-hybridized carbons (Fsp3) is 0.600. The topological polar surface area (TPSA) is 44.5 Å². The van der Waals surface area contributed by atoms with Crippen LogP contribution >= 0.6 is 0 Å². The predicted octanol–water partition coefficient (Wildman–Crippen LogP) is 4.02. The quantitative estimate of drug-likeness (QED) is 0.532. The van der Waals surface area contributed by atoms with Gasteiger partial charge in [-0.2, -0.15) is 0 Å². The Morgan fingerprint density at radius 2 is 1.78 bits per heavy atom. The highest BCUT2D eigenvalue weighted by molar-refractivity contribution is 5.55. The molecule has 1 aromatic carbocycles. The molecule has 3 nitrogen and oxygen atoms in total. The highest BCUT2D eigenvalue weighted by atomic mass is 16.5. The number of anilines is 1. The van der Waals surface area contributed by atoms with Crippen LogP contribution in [0.5, 0.6) is 11.5 Å². The van der Waals surface area contributed by atoms with Crippen molar-refractivity contribution in [2.45, 2.75) is 45.4 Å². The zero-order chi connectivity index (χ0) is 13.2. The number of rotatable bonds is 9. The number of nitrogens with two attached hydrogens (primary N) is 1. The fourth-order valence-electron chi connectivity index (χ4n) is 1.85. The van der Waals surface area contributed by atoms with E-state index in [0.29, 0.717) is 11.4 Å². The van der Waals surface area contributed by atoms with E-state index in [0.717, 1.165) is 18.8 Å². The van der Waals surface area contributed by atoms with Gasteiger partial charge in [0.2, 0.25) is 0 Å². The van der Waals surface area contributed by atoms with Crippen molar-refractivity contribution in [1.29, 1.82) is 0 Å². The Morgan fingerprint density at radius 3 is 2.50 bits per heavy atom. The zero-order valence-corrected chi connectivity index (χ0v) is 11.6. The number of hydrogen-bond acceptors (Lipinski definition) is 3. The molecule has 102 valence electrons. The van der Waals surface area contributed by atoms with Gasteiger partial charge in [-0.25, -0.2) is 0 Å². The summed E-state index contributed by atoms with van der Waals surface area (Å²) in [6.45, 7) is 3.00. The van der Waals surface area contributed by atoms with Crippen molar-refractivity contribution in [2.24, 2.45) is 0 Å². The van der Waals surface area contributed by atoms with Gasteiger partial charge in [-0.1, -0.05) is 39.0 Å². The van der Waals surface area contributed by atoms with Gasteiger partial charge in [0.15, 0.2) is 0 Å². The minimum atomic E-state index is 0.643. The smallest absolute Gasteiger partial charge is 0.145 e. The maximum atomic E-state index is 5.74. The molecule has 0 aromatic heterocycles. The van der Waals surface area contributed by atoms with Crippen molar-refractivity contribution in [1.82, 2.24) is 0 Å². The number of unbranched alkanes of at least 4 members (excludes halogenated alkanes) is 5. The molecule has 0 bridgehead atoms. The van der Waals surface area contributed by atoms with Crippen LogP contribution in [0.3, 0.4) is 0 Å². The van der Waals surface area contributed by atoms with Crippen molar-refractivity contribution in [3.05, 3.63) is 18.2 Å². The van der Waals surface area contributed by atoms with Crippen molar-refractivity contribution in [3.63, 3.8) is 0 Å². The Balaban J connectivity index is 2.19. The predicted molar refractivity (Wildman–Crippen MR) is 76.3 cm³/mol. The molecule has 0 fully saturated rings.